The summed E-state index contributed by atoms with van der Waals surface area (Å²) in [5, 5.41) is 5.26. The summed E-state index contributed by atoms with van der Waals surface area (Å²) < 4.78 is 16.9. The van der Waals surface area contributed by atoms with Gasteiger partial charge in [0.1, 0.15) is 17.3 Å². The average molecular weight is 346 g/mol. The van der Waals surface area contributed by atoms with Gasteiger partial charge in [-0.1, -0.05) is 18.2 Å². The van der Waals surface area contributed by atoms with Gasteiger partial charge in [0, 0.05) is 22.2 Å². The molecule has 2 amide bonds. The van der Waals surface area contributed by atoms with E-state index < -0.39 is 22.6 Å². The first-order chi connectivity index (χ1) is 11.6. The van der Waals surface area contributed by atoms with Crippen molar-refractivity contribution in [1.29, 1.82) is 0 Å². The van der Waals surface area contributed by atoms with Crippen LogP contribution in [0.5, 0.6) is 5.75 Å². The molecule has 0 bridgehead atoms. The smallest absolute Gasteiger partial charge is 0.237 e. The van der Waals surface area contributed by atoms with E-state index in [0.717, 1.165) is 0 Å². The third-order valence-corrected chi connectivity index (χ3v) is 4.18. The van der Waals surface area contributed by atoms with Crippen molar-refractivity contribution in [2.24, 2.45) is 0 Å². The molecule has 1 unspecified atom stereocenters. The maximum Gasteiger partial charge on any atom is 0.237 e. The molecule has 0 aromatic heterocycles. The summed E-state index contributed by atoms with van der Waals surface area (Å²) in [5.41, 5.74) is 1.20. The first kappa shape index (κ1) is 17.7. The highest BCUT2D eigenvalue weighted by atomic mass is 32.2. The van der Waals surface area contributed by atoms with Crippen LogP contribution in [0.25, 0.3) is 0 Å². The Morgan fingerprint density at radius 3 is 1.88 bits per heavy atom. The molecule has 0 spiro atoms. The highest BCUT2D eigenvalue weighted by molar-refractivity contribution is 7.86. The number of hydrogen-bond acceptors (Lipinski definition) is 4. The van der Waals surface area contributed by atoms with E-state index in [9.17, 15) is 13.8 Å². The molecule has 2 N–H and O–H groups in total. The van der Waals surface area contributed by atoms with Gasteiger partial charge in [-0.25, -0.2) is 0 Å². The molecule has 6 nitrogen and oxygen atoms in total. The summed E-state index contributed by atoms with van der Waals surface area (Å²) >= 11 is 0. The van der Waals surface area contributed by atoms with Crippen molar-refractivity contribution in [1.82, 2.24) is 0 Å². The Labute approximate surface area is 142 Å². The van der Waals surface area contributed by atoms with Crippen LogP contribution < -0.4 is 15.4 Å². The van der Waals surface area contributed by atoms with Crippen molar-refractivity contribution in [3.63, 3.8) is 0 Å². The fraction of sp³-hybridized carbons (Fsp3) is 0.176. The number of carbonyl (C=O) groups is 2. The van der Waals surface area contributed by atoms with Gasteiger partial charge in [-0.15, -0.1) is 0 Å². The van der Waals surface area contributed by atoms with Gasteiger partial charge in [0.05, 0.1) is 7.11 Å². The van der Waals surface area contributed by atoms with Crippen LogP contribution in [-0.2, 0) is 20.4 Å². The van der Waals surface area contributed by atoms with Crippen LogP contribution in [0.4, 0.5) is 11.4 Å². The van der Waals surface area contributed by atoms with Crippen LogP contribution in [0.15, 0.2) is 54.6 Å². The highest BCUT2D eigenvalue weighted by Crippen LogP contribution is 2.14. The predicted octanol–water partition coefficient (Wildman–Crippen LogP) is 2.02. The maximum atomic E-state index is 11.9. The molecular formula is C17H18N2O4S. The lowest BCUT2D eigenvalue weighted by atomic mass is 10.3. The molecule has 0 radical (unpaired) electrons. The third kappa shape index (κ3) is 5.85. The van der Waals surface area contributed by atoms with Crippen LogP contribution in [0.2, 0.25) is 0 Å². The Balaban J connectivity index is 1.78. The molecule has 0 fully saturated rings. The van der Waals surface area contributed by atoms with Crippen molar-refractivity contribution in [3.05, 3.63) is 54.6 Å². The second-order valence-electron chi connectivity index (χ2n) is 4.92. The maximum absolute atomic E-state index is 11.9. The Morgan fingerprint density at radius 1 is 0.875 bits per heavy atom. The molecule has 2 rings (SSSR count). The Hall–Kier alpha value is -2.67. The summed E-state index contributed by atoms with van der Waals surface area (Å²) in [6.45, 7) is 0. The van der Waals surface area contributed by atoms with Crippen LogP contribution in [0.1, 0.15) is 0 Å². The quantitative estimate of drug-likeness (QED) is 0.803. The number of methoxy groups -OCH3 is 1. The van der Waals surface area contributed by atoms with Crippen molar-refractivity contribution in [2.75, 3.05) is 29.2 Å². The molecule has 0 aliphatic heterocycles. The molecule has 0 saturated heterocycles. The van der Waals surface area contributed by atoms with E-state index in [1.54, 1.807) is 55.6 Å². The van der Waals surface area contributed by atoms with Crippen LogP contribution in [-0.4, -0.2) is 34.6 Å². The van der Waals surface area contributed by atoms with Gasteiger partial charge in [0.15, 0.2) is 0 Å². The van der Waals surface area contributed by atoms with E-state index in [1.807, 2.05) is 6.07 Å². The minimum absolute atomic E-state index is 0.231. The monoisotopic (exact) mass is 346 g/mol. The van der Waals surface area contributed by atoms with Crippen molar-refractivity contribution >= 4 is 34.0 Å². The minimum Gasteiger partial charge on any atom is -0.497 e. The molecule has 126 valence electrons. The lowest BCUT2D eigenvalue weighted by molar-refractivity contribution is -0.114. The number of nitrogens with one attached hydrogen (secondary N) is 2. The summed E-state index contributed by atoms with van der Waals surface area (Å²) in [4.78, 5) is 23.6. The number of amides is 2. The van der Waals surface area contributed by atoms with E-state index in [1.165, 1.54) is 0 Å². The van der Waals surface area contributed by atoms with Gasteiger partial charge in [-0.3, -0.25) is 13.8 Å². The van der Waals surface area contributed by atoms with Gasteiger partial charge in [0.25, 0.3) is 0 Å². The van der Waals surface area contributed by atoms with E-state index in [4.69, 9.17) is 4.74 Å². The highest BCUT2D eigenvalue weighted by Gasteiger charge is 2.13. The number of hydrogen-bond donors (Lipinski definition) is 2. The molecular weight excluding hydrogens is 328 g/mol. The molecule has 7 heteroatoms. The van der Waals surface area contributed by atoms with E-state index in [2.05, 4.69) is 10.6 Å². The number of carbonyl (C=O) groups excluding carboxylic acids is 2. The zero-order chi connectivity index (χ0) is 17.4. The number of rotatable bonds is 7. The molecule has 0 aliphatic rings. The number of benzene rings is 2. The summed E-state index contributed by atoms with van der Waals surface area (Å²) in [6.07, 6.45) is 0. The molecule has 2 aromatic rings. The van der Waals surface area contributed by atoms with Crippen molar-refractivity contribution < 1.29 is 18.5 Å². The predicted molar refractivity (Wildman–Crippen MR) is 94.6 cm³/mol. The number of ether oxygens (including phenoxy) is 1. The lowest BCUT2D eigenvalue weighted by Crippen LogP contribution is -2.26. The van der Waals surface area contributed by atoms with E-state index >= 15 is 0 Å². The van der Waals surface area contributed by atoms with E-state index in [0.29, 0.717) is 17.1 Å². The SMILES string of the molecule is COc1ccc(NC(=O)CS(=O)CC(=O)Nc2ccccc2)cc1. The Kier molecular flexibility index (Phi) is 6.51. The summed E-state index contributed by atoms with van der Waals surface area (Å²) in [6, 6.07) is 15.7. The minimum atomic E-state index is -1.58. The molecule has 0 heterocycles. The fourth-order valence-electron chi connectivity index (χ4n) is 1.93. The second-order valence-corrected chi connectivity index (χ2v) is 6.38. The largest absolute Gasteiger partial charge is 0.497 e. The zero-order valence-corrected chi connectivity index (χ0v) is 14.0. The third-order valence-electron chi connectivity index (χ3n) is 3.02. The van der Waals surface area contributed by atoms with Gasteiger partial charge in [-0.05, 0) is 36.4 Å². The second kappa shape index (κ2) is 8.83. The van der Waals surface area contributed by atoms with Crippen molar-refractivity contribution in [2.45, 2.75) is 0 Å². The van der Waals surface area contributed by atoms with Crippen LogP contribution >= 0.6 is 0 Å². The van der Waals surface area contributed by atoms with Gasteiger partial charge in [-0.2, -0.15) is 0 Å². The first-order valence-electron chi connectivity index (χ1n) is 7.20. The normalized spacial score (nSPS) is 11.4. The Morgan fingerprint density at radius 2 is 1.38 bits per heavy atom. The zero-order valence-electron chi connectivity index (χ0n) is 13.2. The summed E-state index contributed by atoms with van der Waals surface area (Å²) in [7, 11) is -0.0295. The Bertz CT molecular complexity index is 717. The standard InChI is InChI=1S/C17H18N2O4S/c1-23-15-9-7-14(8-10-15)19-17(21)12-24(22)11-16(20)18-13-5-3-2-4-6-13/h2-10H,11-12H2,1H3,(H,18,20)(H,19,21). The topological polar surface area (TPSA) is 84.5 Å². The molecule has 24 heavy (non-hydrogen) atoms. The van der Waals surface area contributed by atoms with E-state index in [-0.39, 0.29) is 11.5 Å². The lowest BCUT2D eigenvalue weighted by Gasteiger charge is -2.07. The van der Waals surface area contributed by atoms with Gasteiger partial charge >= 0.3 is 0 Å². The van der Waals surface area contributed by atoms with Gasteiger partial charge in [0.2, 0.25) is 11.8 Å². The summed E-state index contributed by atoms with van der Waals surface area (Å²) in [5.74, 6) is -0.601. The van der Waals surface area contributed by atoms with Crippen LogP contribution in [0, 0.1) is 0 Å². The van der Waals surface area contributed by atoms with Crippen molar-refractivity contribution in [3.8, 4) is 5.75 Å². The average Bonchev–Trinajstić information content (AvgIpc) is 2.56. The van der Waals surface area contributed by atoms with Gasteiger partial charge < -0.3 is 15.4 Å². The molecule has 0 saturated carbocycles. The first-order valence-corrected chi connectivity index (χ1v) is 8.69. The number of anilines is 2. The fourth-order valence-corrected chi connectivity index (χ4v) is 2.76. The molecule has 2 aromatic carbocycles. The van der Waals surface area contributed by atoms with Crippen LogP contribution in [0.3, 0.4) is 0 Å². The number of para-hydroxylation sites is 1. The molecule has 0 aliphatic carbocycles. The molecule has 1 atom stereocenters.